The van der Waals surface area contributed by atoms with Gasteiger partial charge in [0, 0.05) is 32.4 Å². The summed E-state index contributed by atoms with van der Waals surface area (Å²) in [7, 11) is 0. The van der Waals surface area contributed by atoms with Crippen molar-refractivity contribution in [3.63, 3.8) is 0 Å². The average Bonchev–Trinajstić information content (AvgIpc) is 3.35. The minimum absolute atomic E-state index is 0. The molecule has 3 rings (SSSR count). The maximum atomic E-state index is 13.4. The molecule has 0 amide bonds. The van der Waals surface area contributed by atoms with Crippen LogP contribution in [0.15, 0.2) is 24.3 Å². The minimum Gasteiger partial charge on any atom is -0.472 e. The molecule has 0 radical (unpaired) electrons. The molecule has 0 saturated heterocycles. The van der Waals surface area contributed by atoms with Crippen LogP contribution in [0.25, 0.3) is 0 Å². The first kappa shape index (κ1) is 25.8. The predicted molar refractivity (Wildman–Crippen MR) is 126 cm³/mol. The van der Waals surface area contributed by atoms with Gasteiger partial charge in [-0.3, -0.25) is 4.79 Å². The summed E-state index contributed by atoms with van der Waals surface area (Å²) in [5.74, 6) is 0.0753. The van der Waals surface area contributed by atoms with E-state index in [-0.39, 0.29) is 14.0 Å². The molecule has 0 bridgehead atoms. The van der Waals surface area contributed by atoms with E-state index in [2.05, 4.69) is 23.8 Å². The molecule has 180 valence electrons. The monoisotopic (exact) mass is 451 g/mol. The molecular formula is C25H39F2N3O2. The highest BCUT2D eigenvalue weighted by Crippen LogP contribution is 2.32. The van der Waals surface area contributed by atoms with Gasteiger partial charge in [0.05, 0.1) is 6.54 Å². The van der Waals surface area contributed by atoms with Crippen LogP contribution < -0.4 is 9.64 Å². The van der Waals surface area contributed by atoms with Gasteiger partial charge in [0.15, 0.2) is 11.6 Å². The third kappa shape index (κ3) is 6.53. The Morgan fingerprint density at radius 1 is 1.25 bits per heavy atom. The number of hydrogen-bond donors (Lipinski definition) is 0. The number of fused-ring (bicyclic) bond motifs is 1. The Kier molecular flexibility index (Phi) is 10.1. The summed E-state index contributed by atoms with van der Waals surface area (Å²) >= 11 is 0. The van der Waals surface area contributed by atoms with Crippen molar-refractivity contribution in [2.75, 3.05) is 11.4 Å². The Morgan fingerprint density at radius 3 is 2.66 bits per heavy atom. The molecule has 2 atom stereocenters. The number of carbonyl (C=O) groups excluding carboxylic acids is 1. The number of ether oxygens (including phenoxy) is 1. The first-order valence-corrected chi connectivity index (χ1v) is 11.9. The number of carbonyl (C=O) groups is 1. The van der Waals surface area contributed by atoms with Crippen LogP contribution in [0.5, 0.6) is 5.88 Å². The second-order valence-corrected chi connectivity index (χ2v) is 8.08. The van der Waals surface area contributed by atoms with E-state index in [4.69, 9.17) is 4.74 Å². The molecule has 1 aromatic heterocycles. The number of ketones is 1. The van der Waals surface area contributed by atoms with E-state index in [1.165, 1.54) is 6.07 Å². The molecule has 0 N–H and O–H groups in total. The fraction of sp³-hybridized carbons (Fsp3) is 0.600. The first-order chi connectivity index (χ1) is 15.4. The predicted octanol–water partition coefficient (Wildman–Crippen LogP) is 6.40. The van der Waals surface area contributed by atoms with Crippen molar-refractivity contribution in [2.45, 2.75) is 85.9 Å². The summed E-state index contributed by atoms with van der Waals surface area (Å²) in [5, 5.41) is 4.52. The van der Waals surface area contributed by atoms with Gasteiger partial charge in [-0.25, -0.2) is 13.5 Å². The molecule has 2 aromatic rings. The largest absolute Gasteiger partial charge is 0.472 e. The maximum Gasteiger partial charge on any atom is 0.235 e. The van der Waals surface area contributed by atoms with Crippen LogP contribution in [0, 0.1) is 17.6 Å². The van der Waals surface area contributed by atoms with Gasteiger partial charge in [-0.1, -0.05) is 47.1 Å². The first-order valence-electron chi connectivity index (χ1n) is 11.9. The number of benzene rings is 1. The highest BCUT2D eigenvalue weighted by molar-refractivity contribution is 5.80. The number of hydrogen-bond acceptors (Lipinski definition) is 4. The molecule has 7 heteroatoms. The van der Waals surface area contributed by atoms with Crippen molar-refractivity contribution >= 4 is 11.6 Å². The fourth-order valence-electron chi connectivity index (χ4n) is 3.83. The average molecular weight is 452 g/mol. The van der Waals surface area contributed by atoms with Crippen molar-refractivity contribution in [3.05, 3.63) is 41.5 Å². The SMILES string of the molecule is CC.CCCCC(=O)C(C)CCN1c2cc(OCc3ccc(F)c(F)c3)nn2CC1CC.[HH]. The standard InChI is InChI=1S/C23H31F2N3O2.C2H6.H2/c1-4-6-7-21(29)16(3)10-11-27-18(5-2)14-28-23(27)13-22(26-28)30-15-17-8-9-19(24)20(25)12-17;1-2;/h8-9,12-13,16,18H,4-7,10-11,14-15H2,1-3H3;1-2H3;1H. The lowest BCUT2D eigenvalue weighted by atomic mass is 9.98. The van der Waals surface area contributed by atoms with Gasteiger partial charge in [-0.2, -0.15) is 0 Å². The minimum atomic E-state index is -0.886. The Bertz CT molecular complexity index is 875. The quantitative estimate of drug-likeness (QED) is 0.397. The van der Waals surface area contributed by atoms with Gasteiger partial charge in [0.25, 0.3) is 0 Å². The van der Waals surface area contributed by atoms with Crippen molar-refractivity contribution in [3.8, 4) is 5.88 Å². The summed E-state index contributed by atoms with van der Waals surface area (Å²) in [5.41, 5.74) is 0.546. The molecule has 2 unspecified atom stereocenters. The zero-order valence-electron chi connectivity index (χ0n) is 20.0. The maximum absolute atomic E-state index is 13.4. The summed E-state index contributed by atoms with van der Waals surface area (Å²) in [6, 6.07) is 5.97. The molecule has 2 heterocycles. The number of anilines is 1. The molecule has 1 aliphatic heterocycles. The van der Waals surface area contributed by atoms with Crippen LogP contribution in [-0.2, 0) is 17.9 Å². The number of Topliss-reactive ketones (excluding diaryl/α,β-unsaturated/α-hetero) is 1. The topological polar surface area (TPSA) is 47.4 Å². The summed E-state index contributed by atoms with van der Waals surface area (Å²) in [6.45, 7) is 12.0. The van der Waals surface area contributed by atoms with E-state index in [1.807, 2.05) is 31.5 Å². The van der Waals surface area contributed by atoms with Gasteiger partial charge < -0.3 is 9.64 Å². The number of nitrogens with zero attached hydrogens (tertiary/aromatic N) is 3. The number of aromatic nitrogens is 2. The number of rotatable bonds is 11. The van der Waals surface area contributed by atoms with Gasteiger partial charge in [0.2, 0.25) is 5.88 Å². The van der Waals surface area contributed by atoms with Crippen molar-refractivity contribution in [2.24, 2.45) is 5.92 Å². The fourth-order valence-corrected chi connectivity index (χ4v) is 3.83. The highest BCUT2D eigenvalue weighted by atomic mass is 19.2. The van der Waals surface area contributed by atoms with Crippen LogP contribution in [0.3, 0.4) is 0 Å². The van der Waals surface area contributed by atoms with E-state index in [1.54, 1.807) is 0 Å². The third-order valence-corrected chi connectivity index (χ3v) is 5.83. The van der Waals surface area contributed by atoms with Crippen LogP contribution in [0.2, 0.25) is 0 Å². The molecular weight excluding hydrogens is 412 g/mol. The Morgan fingerprint density at radius 2 is 2.00 bits per heavy atom. The summed E-state index contributed by atoms with van der Waals surface area (Å²) < 4.78 is 34.1. The van der Waals surface area contributed by atoms with E-state index >= 15 is 0 Å². The van der Waals surface area contributed by atoms with Crippen molar-refractivity contribution in [1.82, 2.24) is 9.78 Å². The van der Waals surface area contributed by atoms with Gasteiger partial charge in [-0.15, -0.1) is 5.10 Å². The molecule has 5 nitrogen and oxygen atoms in total. The molecule has 1 aliphatic rings. The summed E-state index contributed by atoms with van der Waals surface area (Å²) in [6.07, 6.45) is 4.46. The lowest BCUT2D eigenvalue weighted by Gasteiger charge is -2.26. The van der Waals surface area contributed by atoms with Crippen LogP contribution in [-0.4, -0.2) is 28.2 Å². The Hall–Kier alpha value is -2.44. The van der Waals surface area contributed by atoms with Crippen molar-refractivity contribution in [1.29, 1.82) is 0 Å². The van der Waals surface area contributed by atoms with E-state index in [0.29, 0.717) is 29.7 Å². The van der Waals surface area contributed by atoms with Gasteiger partial charge >= 0.3 is 0 Å². The second kappa shape index (κ2) is 12.6. The lowest BCUT2D eigenvalue weighted by Crippen LogP contribution is -2.33. The molecule has 1 aromatic carbocycles. The van der Waals surface area contributed by atoms with Crippen LogP contribution in [0.4, 0.5) is 14.6 Å². The van der Waals surface area contributed by atoms with Crippen LogP contribution in [0.1, 0.15) is 73.7 Å². The lowest BCUT2D eigenvalue weighted by molar-refractivity contribution is -0.122. The number of unbranched alkanes of at least 4 members (excludes halogenated alkanes) is 1. The normalized spacial score (nSPS) is 15.7. The highest BCUT2D eigenvalue weighted by Gasteiger charge is 2.30. The second-order valence-electron chi connectivity index (χ2n) is 8.08. The van der Waals surface area contributed by atoms with Crippen LogP contribution >= 0.6 is 0 Å². The zero-order valence-corrected chi connectivity index (χ0v) is 20.0. The van der Waals surface area contributed by atoms with Crippen molar-refractivity contribution < 1.29 is 19.7 Å². The van der Waals surface area contributed by atoms with Gasteiger partial charge in [-0.05, 0) is 37.0 Å². The molecule has 0 fully saturated rings. The smallest absolute Gasteiger partial charge is 0.235 e. The number of halogens is 2. The molecule has 32 heavy (non-hydrogen) atoms. The Balaban J connectivity index is 0.00000177. The zero-order chi connectivity index (χ0) is 23.7. The Labute approximate surface area is 192 Å². The molecule has 0 spiro atoms. The van der Waals surface area contributed by atoms with Gasteiger partial charge in [0.1, 0.15) is 18.2 Å². The molecule has 0 saturated carbocycles. The van der Waals surface area contributed by atoms with E-state index in [0.717, 1.165) is 56.7 Å². The summed E-state index contributed by atoms with van der Waals surface area (Å²) in [4.78, 5) is 14.6. The van der Waals surface area contributed by atoms with E-state index in [9.17, 15) is 13.6 Å². The van der Waals surface area contributed by atoms with E-state index < -0.39 is 11.6 Å². The molecule has 0 aliphatic carbocycles. The third-order valence-electron chi connectivity index (χ3n) is 5.83.